The molecule has 0 fully saturated rings. The van der Waals surface area contributed by atoms with E-state index in [1.807, 2.05) is 60.7 Å². The van der Waals surface area contributed by atoms with Gasteiger partial charge < -0.3 is 8.98 Å². The van der Waals surface area contributed by atoms with Crippen LogP contribution in [-0.4, -0.2) is 15.5 Å². The first kappa shape index (κ1) is 18.4. The van der Waals surface area contributed by atoms with Crippen LogP contribution in [0.5, 0.6) is 0 Å². The standard InChI is InChI=1S/C22H21N3O2S/c1-2-13-25-19-11-5-4-10-18(19)23-22(25)24-21(26)17-9-3-6-12-20(17)28-15-16-8-7-14-27-16/h3-12,14H,2,13,15H2,1H3,(H,23,24,26). The lowest BCUT2D eigenvalue weighted by atomic mass is 10.2. The molecule has 1 amide bonds. The van der Waals surface area contributed by atoms with E-state index in [9.17, 15) is 4.79 Å². The van der Waals surface area contributed by atoms with Crippen molar-refractivity contribution in [3.8, 4) is 0 Å². The van der Waals surface area contributed by atoms with Gasteiger partial charge in [-0.25, -0.2) is 4.98 Å². The summed E-state index contributed by atoms with van der Waals surface area (Å²) in [5.41, 5.74) is 2.54. The summed E-state index contributed by atoms with van der Waals surface area (Å²) in [7, 11) is 0. The molecule has 2 aromatic heterocycles. The quantitative estimate of drug-likeness (QED) is 0.418. The SMILES string of the molecule is CCCn1c(NC(=O)c2ccccc2SCc2ccco2)nc2ccccc21. The number of imidazole rings is 1. The summed E-state index contributed by atoms with van der Waals surface area (Å²) in [6.45, 7) is 2.91. The molecular weight excluding hydrogens is 370 g/mol. The molecule has 0 radical (unpaired) electrons. The average Bonchev–Trinajstić information content (AvgIpc) is 3.35. The zero-order valence-corrected chi connectivity index (χ0v) is 16.4. The van der Waals surface area contributed by atoms with Crippen LogP contribution < -0.4 is 5.32 Å². The number of anilines is 1. The average molecular weight is 391 g/mol. The molecule has 0 aliphatic rings. The van der Waals surface area contributed by atoms with E-state index < -0.39 is 0 Å². The van der Waals surface area contributed by atoms with Crippen molar-refractivity contribution in [1.29, 1.82) is 0 Å². The third kappa shape index (κ3) is 3.82. The van der Waals surface area contributed by atoms with E-state index in [1.54, 1.807) is 18.0 Å². The molecule has 142 valence electrons. The van der Waals surface area contributed by atoms with E-state index in [-0.39, 0.29) is 5.91 Å². The van der Waals surface area contributed by atoms with Crippen molar-refractivity contribution in [2.75, 3.05) is 5.32 Å². The highest BCUT2D eigenvalue weighted by Crippen LogP contribution is 2.28. The molecule has 2 heterocycles. The number of aromatic nitrogens is 2. The maximum atomic E-state index is 13.0. The molecule has 6 heteroatoms. The second-order valence-electron chi connectivity index (χ2n) is 6.39. The van der Waals surface area contributed by atoms with Crippen molar-refractivity contribution < 1.29 is 9.21 Å². The predicted octanol–water partition coefficient (Wildman–Crippen LogP) is 5.58. The monoisotopic (exact) mass is 391 g/mol. The summed E-state index contributed by atoms with van der Waals surface area (Å²) in [5.74, 6) is 1.98. The summed E-state index contributed by atoms with van der Waals surface area (Å²) >= 11 is 1.58. The fourth-order valence-corrected chi connectivity index (χ4v) is 4.07. The molecule has 0 atom stereocenters. The lowest BCUT2D eigenvalue weighted by Crippen LogP contribution is -2.17. The van der Waals surface area contributed by atoms with Gasteiger partial charge in [0.1, 0.15) is 5.76 Å². The van der Waals surface area contributed by atoms with Crippen LogP contribution in [0, 0.1) is 0 Å². The van der Waals surface area contributed by atoms with Gasteiger partial charge in [-0.1, -0.05) is 31.2 Å². The molecule has 0 spiro atoms. The first-order chi connectivity index (χ1) is 13.8. The molecule has 2 aromatic carbocycles. The van der Waals surface area contributed by atoms with Gasteiger partial charge in [0, 0.05) is 11.4 Å². The molecule has 28 heavy (non-hydrogen) atoms. The van der Waals surface area contributed by atoms with Gasteiger partial charge in [0.15, 0.2) is 0 Å². The first-order valence-electron chi connectivity index (χ1n) is 9.27. The number of para-hydroxylation sites is 2. The highest BCUT2D eigenvalue weighted by Gasteiger charge is 2.16. The Labute approximate surface area is 167 Å². The number of carbonyl (C=O) groups is 1. The topological polar surface area (TPSA) is 60.1 Å². The number of amides is 1. The number of thioether (sulfide) groups is 1. The second-order valence-corrected chi connectivity index (χ2v) is 7.41. The molecule has 4 rings (SSSR count). The normalized spacial score (nSPS) is 11.0. The van der Waals surface area contributed by atoms with Crippen molar-refractivity contribution in [3.05, 3.63) is 78.3 Å². The number of carbonyl (C=O) groups excluding carboxylic acids is 1. The van der Waals surface area contributed by atoms with Crippen molar-refractivity contribution in [3.63, 3.8) is 0 Å². The van der Waals surface area contributed by atoms with Gasteiger partial charge >= 0.3 is 0 Å². The first-order valence-corrected chi connectivity index (χ1v) is 10.3. The van der Waals surface area contributed by atoms with Crippen LogP contribution in [0.2, 0.25) is 0 Å². The summed E-state index contributed by atoms with van der Waals surface area (Å²) < 4.78 is 7.45. The lowest BCUT2D eigenvalue weighted by molar-refractivity contribution is 0.102. The molecule has 0 unspecified atom stereocenters. The molecular formula is C22H21N3O2S. The fourth-order valence-electron chi connectivity index (χ4n) is 3.11. The molecule has 0 bridgehead atoms. The van der Waals surface area contributed by atoms with E-state index in [1.165, 1.54) is 0 Å². The van der Waals surface area contributed by atoms with E-state index in [4.69, 9.17) is 4.42 Å². The van der Waals surface area contributed by atoms with E-state index in [0.717, 1.165) is 34.7 Å². The van der Waals surface area contributed by atoms with E-state index >= 15 is 0 Å². The zero-order valence-electron chi connectivity index (χ0n) is 15.6. The highest BCUT2D eigenvalue weighted by molar-refractivity contribution is 7.98. The largest absolute Gasteiger partial charge is 0.468 e. The Morgan fingerprint density at radius 3 is 2.75 bits per heavy atom. The number of fused-ring (bicyclic) bond motifs is 1. The summed E-state index contributed by atoms with van der Waals surface area (Å²) in [4.78, 5) is 18.6. The van der Waals surface area contributed by atoms with Gasteiger partial charge in [0.25, 0.3) is 5.91 Å². The van der Waals surface area contributed by atoms with Gasteiger partial charge in [-0.15, -0.1) is 11.8 Å². The molecule has 1 N–H and O–H groups in total. The van der Waals surface area contributed by atoms with Crippen LogP contribution in [0.25, 0.3) is 11.0 Å². The van der Waals surface area contributed by atoms with Crippen LogP contribution in [0.15, 0.2) is 76.2 Å². The molecule has 0 aliphatic carbocycles. The number of nitrogens with one attached hydrogen (secondary N) is 1. The number of benzene rings is 2. The van der Waals surface area contributed by atoms with Crippen LogP contribution in [0.4, 0.5) is 5.95 Å². The zero-order chi connectivity index (χ0) is 19.3. The molecule has 0 saturated carbocycles. The number of rotatable bonds is 7. The van der Waals surface area contributed by atoms with E-state index in [2.05, 4.69) is 21.8 Å². The number of nitrogens with zero attached hydrogens (tertiary/aromatic N) is 2. The molecule has 4 aromatic rings. The van der Waals surface area contributed by atoms with Crippen LogP contribution in [0.3, 0.4) is 0 Å². The Kier molecular flexibility index (Phi) is 5.48. The van der Waals surface area contributed by atoms with Crippen molar-refractivity contribution in [1.82, 2.24) is 9.55 Å². The number of furan rings is 1. The molecule has 0 saturated heterocycles. The summed E-state index contributed by atoms with van der Waals surface area (Å²) in [5, 5.41) is 3.01. The van der Waals surface area contributed by atoms with Gasteiger partial charge in [0.2, 0.25) is 5.95 Å². The smallest absolute Gasteiger partial charge is 0.259 e. The maximum absolute atomic E-state index is 13.0. The minimum atomic E-state index is -0.157. The minimum Gasteiger partial charge on any atom is -0.468 e. The third-order valence-corrected chi connectivity index (χ3v) is 5.50. The summed E-state index contributed by atoms with van der Waals surface area (Å²) in [6, 6.07) is 19.3. The minimum absolute atomic E-state index is 0.157. The lowest BCUT2D eigenvalue weighted by Gasteiger charge is -2.11. The van der Waals surface area contributed by atoms with Gasteiger partial charge in [-0.3, -0.25) is 10.1 Å². The maximum Gasteiger partial charge on any atom is 0.259 e. The van der Waals surface area contributed by atoms with Crippen molar-refractivity contribution >= 4 is 34.7 Å². The predicted molar refractivity (Wildman–Crippen MR) is 113 cm³/mol. The highest BCUT2D eigenvalue weighted by atomic mass is 32.2. The Balaban J connectivity index is 1.59. The van der Waals surface area contributed by atoms with Crippen LogP contribution in [-0.2, 0) is 12.3 Å². The molecule has 0 aliphatic heterocycles. The third-order valence-electron chi connectivity index (χ3n) is 4.41. The summed E-state index contributed by atoms with van der Waals surface area (Å²) in [6.07, 6.45) is 2.62. The van der Waals surface area contributed by atoms with Crippen molar-refractivity contribution in [2.45, 2.75) is 30.5 Å². The Morgan fingerprint density at radius 1 is 1.11 bits per heavy atom. The van der Waals surface area contributed by atoms with Crippen LogP contribution >= 0.6 is 11.8 Å². The van der Waals surface area contributed by atoms with Crippen LogP contribution in [0.1, 0.15) is 29.5 Å². The second kappa shape index (κ2) is 8.35. The van der Waals surface area contributed by atoms with Gasteiger partial charge in [-0.2, -0.15) is 0 Å². The fraction of sp³-hybridized carbons (Fsp3) is 0.182. The number of hydrogen-bond donors (Lipinski definition) is 1. The Morgan fingerprint density at radius 2 is 1.93 bits per heavy atom. The Bertz CT molecular complexity index is 1090. The van der Waals surface area contributed by atoms with Gasteiger partial charge in [0.05, 0.1) is 28.6 Å². The van der Waals surface area contributed by atoms with Crippen molar-refractivity contribution in [2.24, 2.45) is 0 Å². The molecule has 5 nitrogen and oxygen atoms in total. The number of hydrogen-bond acceptors (Lipinski definition) is 4. The Hall–Kier alpha value is -2.99. The van der Waals surface area contributed by atoms with Gasteiger partial charge in [-0.05, 0) is 42.8 Å². The number of aryl methyl sites for hydroxylation is 1. The van der Waals surface area contributed by atoms with E-state index in [0.29, 0.717) is 17.3 Å².